The van der Waals surface area contributed by atoms with Gasteiger partial charge in [-0.1, -0.05) is 6.92 Å². The van der Waals surface area contributed by atoms with Crippen molar-refractivity contribution in [3.63, 3.8) is 0 Å². The van der Waals surface area contributed by atoms with Crippen LogP contribution < -0.4 is 5.32 Å². The van der Waals surface area contributed by atoms with E-state index in [1.54, 1.807) is 13.8 Å². The Hall–Kier alpha value is -1.35. The molecule has 20 heavy (non-hydrogen) atoms. The molecule has 0 bridgehead atoms. The lowest BCUT2D eigenvalue weighted by Crippen LogP contribution is -2.65. The van der Waals surface area contributed by atoms with E-state index in [1.807, 2.05) is 0 Å². The Kier molecular flexibility index (Phi) is 5.35. The molecule has 1 aliphatic rings. The van der Waals surface area contributed by atoms with Gasteiger partial charge in [0.2, 0.25) is 0 Å². The minimum Gasteiger partial charge on any atom is -0.480 e. The largest absolute Gasteiger partial charge is 0.480 e. The van der Waals surface area contributed by atoms with Gasteiger partial charge in [-0.25, -0.2) is 18.0 Å². The van der Waals surface area contributed by atoms with Crippen molar-refractivity contribution in [3.05, 3.63) is 0 Å². The van der Waals surface area contributed by atoms with Gasteiger partial charge in [-0.15, -0.1) is 0 Å². The van der Waals surface area contributed by atoms with Crippen LogP contribution in [0.1, 0.15) is 13.8 Å². The number of hydrogen-bond acceptors (Lipinski definition) is 5. The summed E-state index contributed by atoms with van der Waals surface area (Å²) < 4.78 is 27.7. The zero-order valence-corrected chi connectivity index (χ0v) is 12.4. The fraction of sp³-hybridized carbons (Fsp3) is 0.818. The normalized spacial score (nSPS) is 17.4. The average molecular weight is 308 g/mol. The van der Waals surface area contributed by atoms with Crippen molar-refractivity contribution >= 4 is 21.8 Å². The van der Waals surface area contributed by atoms with Gasteiger partial charge in [0.05, 0.1) is 18.8 Å². The SMILES string of the molecule is CCS(=O)(=O)CCNC(=O)N1CC(C)(OCC(=O)O)C1. The third kappa shape index (κ3) is 4.97. The highest BCUT2D eigenvalue weighted by Gasteiger charge is 2.42. The standard InChI is InChI=1S/C11H20N2O6S/c1-3-20(17,18)5-4-12-10(16)13-7-11(2,8-13)19-6-9(14)15/h3-8H2,1-2H3,(H,12,16)(H,14,15). The summed E-state index contributed by atoms with van der Waals surface area (Å²) in [7, 11) is -3.09. The predicted octanol–water partition coefficient (Wildman–Crippen LogP) is -0.694. The number of carbonyl (C=O) groups is 2. The molecule has 0 radical (unpaired) electrons. The third-order valence-electron chi connectivity index (χ3n) is 3.01. The molecule has 116 valence electrons. The van der Waals surface area contributed by atoms with Crippen LogP contribution in [0.25, 0.3) is 0 Å². The van der Waals surface area contributed by atoms with E-state index in [0.717, 1.165) is 0 Å². The third-order valence-corrected chi connectivity index (χ3v) is 4.72. The second kappa shape index (κ2) is 6.40. The molecule has 2 amide bonds. The first-order valence-electron chi connectivity index (χ1n) is 6.26. The van der Waals surface area contributed by atoms with Crippen molar-refractivity contribution in [1.29, 1.82) is 0 Å². The van der Waals surface area contributed by atoms with Crippen molar-refractivity contribution in [2.24, 2.45) is 0 Å². The second-order valence-electron chi connectivity index (χ2n) is 4.96. The molecule has 1 fully saturated rings. The predicted molar refractivity (Wildman–Crippen MR) is 71.3 cm³/mol. The van der Waals surface area contributed by atoms with Gasteiger partial charge in [0.1, 0.15) is 12.2 Å². The second-order valence-corrected chi connectivity index (χ2v) is 7.43. The molecular formula is C11H20N2O6S. The van der Waals surface area contributed by atoms with Gasteiger partial charge in [-0.05, 0) is 6.92 Å². The van der Waals surface area contributed by atoms with E-state index < -0.39 is 28.0 Å². The van der Waals surface area contributed by atoms with E-state index in [9.17, 15) is 18.0 Å². The number of carboxylic acid groups (broad SMARTS) is 1. The van der Waals surface area contributed by atoms with E-state index in [4.69, 9.17) is 9.84 Å². The zero-order chi connectivity index (χ0) is 15.4. The summed E-state index contributed by atoms with van der Waals surface area (Å²) >= 11 is 0. The van der Waals surface area contributed by atoms with Crippen LogP contribution in [0.15, 0.2) is 0 Å². The average Bonchev–Trinajstić information content (AvgIpc) is 2.32. The van der Waals surface area contributed by atoms with Crippen LogP contribution in [0.4, 0.5) is 4.79 Å². The van der Waals surface area contributed by atoms with Crippen LogP contribution in [-0.4, -0.2) is 73.8 Å². The molecule has 0 unspecified atom stereocenters. The number of sulfone groups is 1. The first kappa shape index (κ1) is 16.7. The molecule has 8 nitrogen and oxygen atoms in total. The first-order valence-corrected chi connectivity index (χ1v) is 8.08. The molecule has 0 aliphatic carbocycles. The number of aliphatic carboxylic acids is 1. The minimum atomic E-state index is -3.09. The molecule has 2 N–H and O–H groups in total. The lowest BCUT2D eigenvalue weighted by molar-refractivity contribution is -0.159. The molecule has 0 atom stereocenters. The lowest BCUT2D eigenvalue weighted by atomic mass is 9.97. The van der Waals surface area contributed by atoms with Crippen molar-refractivity contribution in [2.45, 2.75) is 19.4 Å². The summed E-state index contributed by atoms with van der Waals surface area (Å²) in [5.74, 6) is -1.09. The van der Waals surface area contributed by atoms with E-state index in [-0.39, 0.29) is 37.2 Å². The van der Waals surface area contributed by atoms with E-state index in [1.165, 1.54) is 4.90 Å². The molecule has 1 saturated heterocycles. The van der Waals surface area contributed by atoms with Crippen LogP contribution in [0.2, 0.25) is 0 Å². The van der Waals surface area contributed by atoms with Gasteiger partial charge in [0.25, 0.3) is 0 Å². The van der Waals surface area contributed by atoms with Gasteiger partial charge in [0, 0.05) is 12.3 Å². The topological polar surface area (TPSA) is 113 Å². The molecule has 0 saturated carbocycles. The minimum absolute atomic E-state index is 0.0493. The fourth-order valence-corrected chi connectivity index (χ4v) is 2.50. The summed E-state index contributed by atoms with van der Waals surface area (Å²) in [6.07, 6.45) is 0. The van der Waals surface area contributed by atoms with Gasteiger partial charge < -0.3 is 20.1 Å². The zero-order valence-electron chi connectivity index (χ0n) is 11.6. The van der Waals surface area contributed by atoms with Crippen molar-refractivity contribution in [3.8, 4) is 0 Å². The van der Waals surface area contributed by atoms with Crippen molar-refractivity contribution < 1.29 is 27.9 Å². The van der Waals surface area contributed by atoms with Crippen LogP contribution in [-0.2, 0) is 19.4 Å². The van der Waals surface area contributed by atoms with E-state index in [0.29, 0.717) is 0 Å². The van der Waals surface area contributed by atoms with Crippen LogP contribution in [0.3, 0.4) is 0 Å². The summed E-state index contributed by atoms with van der Waals surface area (Å²) in [5, 5.41) is 11.0. The molecule has 1 heterocycles. The molecule has 0 aromatic carbocycles. The molecule has 0 aromatic heterocycles. The number of carbonyl (C=O) groups excluding carboxylic acids is 1. The molecule has 1 rings (SSSR count). The Balaban J connectivity index is 2.26. The van der Waals surface area contributed by atoms with Gasteiger partial charge in [-0.2, -0.15) is 0 Å². The number of urea groups is 1. The maximum atomic E-state index is 11.7. The van der Waals surface area contributed by atoms with Crippen LogP contribution in [0.5, 0.6) is 0 Å². The van der Waals surface area contributed by atoms with Crippen molar-refractivity contribution in [1.82, 2.24) is 10.2 Å². The maximum absolute atomic E-state index is 11.7. The number of hydrogen-bond donors (Lipinski definition) is 2. The number of carboxylic acids is 1. The Morgan fingerprint density at radius 1 is 1.40 bits per heavy atom. The highest BCUT2D eigenvalue weighted by atomic mass is 32.2. The summed E-state index contributed by atoms with van der Waals surface area (Å²) in [4.78, 5) is 23.5. The summed E-state index contributed by atoms with van der Waals surface area (Å²) in [6, 6.07) is -0.368. The monoisotopic (exact) mass is 308 g/mol. The number of nitrogens with zero attached hydrogens (tertiary/aromatic N) is 1. The molecule has 0 spiro atoms. The first-order chi connectivity index (χ1) is 9.17. The fourth-order valence-electron chi connectivity index (χ4n) is 1.80. The molecule has 0 aromatic rings. The van der Waals surface area contributed by atoms with Gasteiger partial charge in [0.15, 0.2) is 9.84 Å². The Morgan fingerprint density at radius 3 is 2.50 bits per heavy atom. The number of rotatable bonds is 7. The number of nitrogens with one attached hydrogen (secondary N) is 1. The Labute approximate surface area is 118 Å². The van der Waals surface area contributed by atoms with Crippen molar-refractivity contribution in [2.75, 3.05) is 37.7 Å². The highest BCUT2D eigenvalue weighted by molar-refractivity contribution is 7.91. The van der Waals surface area contributed by atoms with Crippen LogP contribution in [0, 0.1) is 0 Å². The van der Waals surface area contributed by atoms with Crippen LogP contribution >= 0.6 is 0 Å². The summed E-state index contributed by atoms with van der Waals surface area (Å²) in [6.45, 7) is 3.51. The highest BCUT2D eigenvalue weighted by Crippen LogP contribution is 2.24. The Morgan fingerprint density at radius 2 is 2.00 bits per heavy atom. The summed E-state index contributed by atoms with van der Waals surface area (Å²) in [5.41, 5.74) is -0.648. The smallest absolute Gasteiger partial charge is 0.329 e. The molecular weight excluding hydrogens is 288 g/mol. The maximum Gasteiger partial charge on any atom is 0.329 e. The van der Waals surface area contributed by atoms with Gasteiger partial charge >= 0.3 is 12.0 Å². The number of ether oxygens (including phenoxy) is 1. The Bertz CT molecular complexity index is 469. The number of amides is 2. The molecule has 9 heteroatoms. The van der Waals surface area contributed by atoms with E-state index in [2.05, 4.69) is 5.32 Å². The van der Waals surface area contributed by atoms with E-state index >= 15 is 0 Å². The quantitative estimate of drug-likeness (QED) is 0.643. The number of likely N-dealkylation sites (tertiary alicyclic amines) is 1. The lowest BCUT2D eigenvalue weighted by Gasteiger charge is -2.46. The molecule has 1 aliphatic heterocycles. The van der Waals surface area contributed by atoms with Gasteiger partial charge in [-0.3, -0.25) is 0 Å².